The summed E-state index contributed by atoms with van der Waals surface area (Å²) in [7, 11) is 1.57. The van der Waals surface area contributed by atoms with Gasteiger partial charge in [0.25, 0.3) is 0 Å². The molecule has 1 heterocycles. The van der Waals surface area contributed by atoms with Crippen LogP contribution >= 0.6 is 0 Å². The second-order valence-corrected chi connectivity index (χ2v) is 7.64. The molecule has 0 aliphatic carbocycles. The predicted octanol–water partition coefficient (Wildman–Crippen LogP) is 4.02. The van der Waals surface area contributed by atoms with Crippen molar-refractivity contribution in [3.8, 4) is 11.8 Å². The molecule has 6 heteroatoms. The van der Waals surface area contributed by atoms with Crippen LogP contribution in [0.1, 0.15) is 22.7 Å². The van der Waals surface area contributed by atoms with Crippen molar-refractivity contribution in [1.82, 2.24) is 10.2 Å². The number of piperazine rings is 1. The molecule has 0 saturated carbocycles. The van der Waals surface area contributed by atoms with Gasteiger partial charge in [0.15, 0.2) is 0 Å². The van der Waals surface area contributed by atoms with E-state index in [9.17, 15) is 9.65 Å². The molecule has 1 aliphatic rings. The van der Waals surface area contributed by atoms with Gasteiger partial charge < -0.3 is 14.8 Å². The molecule has 5 nitrogen and oxygen atoms in total. The Morgan fingerprint density at radius 2 is 1.94 bits per heavy atom. The SMILES string of the molecule is COc1c(C#N)cc2ccccc2c1COCC(c1cccc(F)c1)N1CCNCC1. The van der Waals surface area contributed by atoms with Gasteiger partial charge in [-0.1, -0.05) is 36.4 Å². The number of halogens is 1. The van der Waals surface area contributed by atoms with Crippen LogP contribution in [0.3, 0.4) is 0 Å². The summed E-state index contributed by atoms with van der Waals surface area (Å²) in [6, 6.07) is 18.7. The third kappa shape index (κ3) is 4.70. The van der Waals surface area contributed by atoms with Gasteiger partial charge in [-0.3, -0.25) is 4.90 Å². The highest BCUT2D eigenvalue weighted by Gasteiger charge is 2.23. The van der Waals surface area contributed by atoms with Crippen LogP contribution in [-0.2, 0) is 11.3 Å². The van der Waals surface area contributed by atoms with Gasteiger partial charge in [-0.15, -0.1) is 0 Å². The Hall–Kier alpha value is -2.98. The molecule has 160 valence electrons. The Bertz CT molecular complexity index is 1090. The van der Waals surface area contributed by atoms with E-state index in [1.54, 1.807) is 19.2 Å². The Morgan fingerprint density at radius 1 is 1.13 bits per heavy atom. The molecule has 0 bridgehead atoms. The predicted molar refractivity (Wildman–Crippen MR) is 118 cm³/mol. The quantitative estimate of drug-likeness (QED) is 0.627. The van der Waals surface area contributed by atoms with Crippen LogP contribution in [0.25, 0.3) is 10.8 Å². The molecule has 1 fully saturated rings. The summed E-state index contributed by atoms with van der Waals surface area (Å²) >= 11 is 0. The van der Waals surface area contributed by atoms with E-state index >= 15 is 0 Å². The maximum atomic E-state index is 13.9. The lowest BCUT2D eigenvalue weighted by atomic mass is 10.00. The molecule has 1 unspecified atom stereocenters. The molecule has 1 saturated heterocycles. The van der Waals surface area contributed by atoms with Crippen molar-refractivity contribution in [2.75, 3.05) is 39.9 Å². The van der Waals surface area contributed by atoms with E-state index in [1.165, 1.54) is 6.07 Å². The minimum atomic E-state index is -0.244. The van der Waals surface area contributed by atoms with Gasteiger partial charge in [0.05, 0.1) is 31.9 Å². The number of nitriles is 1. The molecule has 1 atom stereocenters. The van der Waals surface area contributed by atoms with Gasteiger partial charge in [0.2, 0.25) is 0 Å². The van der Waals surface area contributed by atoms with Crippen LogP contribution < -0.4 is 10.1 Å². The van der Waals surface area contributed by atoms with Crippen molar-refractivity contribution < 1.29 is 13.9 Å². The van der Waals surface area contributed by atoms with Crippen molar-refractivity contribution in [2.45, 2.75) is 12.6 Å². The number of hydrogen-bond donors (Lipinski definition) is 1. The van der Waals surface area contributed by atoms with Gasteiger partial charge in [-0.25, -0.2) is 4.39 Å². The molecule has 31 heavy (non-hydrogen) atoms. The van der Waals surface area contributed by atoms with Crippen LogP contribution in [0.15, 0.2) is 54.6 Å². The fourth-order valence-electron chi connectivity index (χ4n) is 4.26. The van der Waals surface area contributed by atoms with E-state index in [1.807, 2.05) is 36.4 Å². The normalized spacial score (nSPS) is 15.5. The summed E-state index contributed by atoms with van der Waals surface area (Å²) in [6.45, 7) is 4.26. The van der Waals surface area contributed by atoms with E-state index in [4.69, 9.17) is 9.47 Å². The highest BCUT2D eigenvalue weighted by atomic mass is 19.1. The van der Waals surface area contributed by atoms with Gasteiger partial charge >= 0.3 is 0 Å². The highest BCUT2D eigenvalue weighted by Crippen LogP contribution is 2.33. The largest absolute Gasteiger partial charge is 0.495 e. The number of nitrogens with one attached hydrogen (secondary N) is 1. The van der Waals surface area contributed by atoms with Gasteiger partial charge in [-0.2, -0.15) is 5.26 Å². The molecule has 1 N–H and O–H groups in total. The molecular formula is C25H26FN3O2. The number of nitrogens with zero attached hydrogens (tertiary/aromatic N) is 2. The lowest BCUT2D eigenvalue weighted by Crippen LogP contribution is -2.46. The zero-order valence-corrected chi connectivity index (χ0v) is 17.6. The van der Waals surface area contributed by atoms with Gasteiger partial charge in [-0.05, 0) is 34.5 Å². The van der Waals surface area contributed by atoms with E-state index in [2.05, 4.69) is 16.3 Å². The average molecular weight is 420 g/mol. The highest BCUT2D eigenvalue weighted by molar-refractivity contribution is 5.89. The molecule has 1 aliphatic heterocycles. The van der Waals surface area contributed by atoms with Crippen molar-refractivity contribution in [3.63, 3.8) is 0 Å². The number of methoxy groups -OCH3 is 1. The van der Waals surface area contributed by atoms with Crippen molar-refractivity contribution in [3.05, 3.63) is 77.1 Å². The van der Waals surface area contributed by atoms with E-state index in [0.717, 1.165) is 48.1 Å². The third-order valence-corrected chi connectivity index (χ3v) is 5.78. The fraction of sp³-hybridized carbons (Fsp3) is 0.320. The zero-order chi connectivity index (χ0) is 21.6. The minimum Gasteiger partial charge on any atom is -0.495 e. The first-order chi connectivity index (χ1) is 15.2. The van der Waals surface area contributed by atoms with E-state index < -0.39 is 0 Å². The third-order valence-electron chi connectivity index (χ3n) is 5.78. The standard InChI is InChI=1S/C25H26FN3O2/c1-30-25-20(15-27)13-18-5-2-3-8-22(18)23(25)16-31-17-24(29-11-9-28-10-12-29)19-6-4-7-21(26)14-19/h2-8,13-14,24,28H,9-12,16-17H2,1H3. The van der Waals surface area contributed by atoms with Crippen molar-refractivity contribution in [2.24, 2.45) is 0 Å². The second kappa shape index (κ2) is 9.88. The molecule has 0 spiro atoms. The van der Waals surface area contributed by atoms with Gasteiger partial charge in [0, 0.05) is 31.7 Å². The van der Waals surface area contributed by atoms with Crippen LogP contribution in [0.4, 0.5) is 4.39 Å². The molecule has 4 rings (SSSR count). The first-order valence-corrected chi connectivity index (χ1v) is 10.5. The Labute approximate surface area is 182 Å². The monoisotopic (exact) mass is 419 g/mol. The smallest absolute Gasteiger partial charge is 0.142 e. The molecule has 3 aromatic rings. The van der Waals surface area contributed by atoms with Crippen molar-refractivity contribution in [1.29, 1.82) is 5.26 Å². The lowest BCUT2D eigenvalue weighted by molar-refractivity contribution is 0.0438. The number of ether oxygens (including phenoxy) is 2. The molecule has 0 amide bonds. The van der Waals surface area contributed by atoms with Crippen LogP contribution in [0.5, 0.6) is 5.75 Å². The van der Waals surface area contributed by atoms with E-state index in [-0.39, 0.29) is 11.9 Å². The summed E-state index contributed by atoms with van der Waals surface area (Å²) in [5, 5.41) is 14.9. The van der Waals surface area contributed by atoms with Crippen molar-refractivity contribution >= 4 is 10.8 Å². The minimum absolute atomic E-state index is 0.0470. The number of benzene rings is 3. The summed E-state index contributed by atoms with van der Waals surface area (Å²) < 4.78 is 25.7. The number of rotatable bonds is 7. The summed E-state index contributed by atoms with van der Waals surface area (Å²) in [6.07, 6.45) is 0. The van der Waals surface area contributed by atoms with Crippen LogP contribution in [-0.4, -0.2) is 44.8 Å². The van der Waals surface area contributed by atoms with Crippen LogP contribution in [0, 0.1) is 17.1 Å². The fourth-order valence-corrected chi connectivity index (χ4v) is 4.26. The Morgan fingerprint density at radius 3 is 2.68 bits per heavy atom. The number of hydrogen-bond acceptors (Lipinski definition) is 5. The number of fused-ring (bicyclic) bond motifs is 1. The average Bonchev–Trinajstić information content (AvgIpc) is 2.81. The van der Waals surface area contributed by atoms with Gasteiger partial charge in [0.1, 0.15) is 17.6 Å². The summed E-state index contributed by atoms with van der Waals surface area (Å²) in [5.41, 5.74) is 2.25. The first kappa shape index (κ1) is 21.3. The maximum Gasteiger partial charge on any atom is 0.142 e. The summed E-state index contributed by atoms with van der Waals surface area (Å²) in [5.74, 6) is 0.303. The second-order valence-electron chi connectivity index (χ2n) is 7.64. The Kier molecular flexibility index (Phi) is 6.78. The topological polar surface area (TPSA) is 57.5 Å². The van der Waals surface area contributed by atoms with Crippen LogP contribution in [0.2, 0.25) is 0 Å². The first-order valence-electron chi connectivity index (χ1n) is 10.5. The molecular weight excluding hydrogens is 393 g/mol. The molecule has 0 aromatic heterocycles. The molecule has 3 aromatic carbocycles. The Balaban J connectivity index is 1.60. The van der Waals surface area contributed by atoms with E-state index in [0.29, 0.717) is 24.5 Å². The lowest BCUT2D eigenvalue weighted by Gasteiger charge is -2.35. The zero-order valence-electron chi connectivity index (χ0n) is 17.6. The summed E-state index contributed by atoms with van der Waals surface area (Å²) in [4.78, 5) is 2.33. The maximum absolute atomic E-state index is 13.9. The molecule has 0 radical (unpaired) electrons.